The summed E-state index contributed by atoms with van der Waals surface area (Å²) in [5.41, 5.74) is 1.08. The third-order valence-electron chi connectivity index (χ3n) is 3.57. The number of rotatable bonds is 10. The Labute approximate surface area is 133 Å². The number of hydrogen-bond acceptors (Lipinski definition) is 2. The Kier molecular flexibility index (Phi) is 9.81. The lowest BCUT2D eigenvalue weighted by Crippen LogP contribution is -2.18. The van der Waals surface area contributed by atoms with E-state index >= 15 is 0 Å². The summed E-state index contributed by atoms with van der Waals surface area (Å²) in [4.78, 5) is 10.4. The van der Waals surface area contributed by atoms with Crippen molar-refractivity contribution in [2.75, 3.05) is 0 Å². The minimum Gasteiger partial charge on any atom is -0.479 e. The van der Waals surface area contributed by atoms with Crippen molar-refractivity contribution >= 4 is 5.97 Å². The maximum Gasteiger partial charge on any atom is 0.332 e. The van der Waals surface area contributed by atoms with Gasteiger partial charge in [-0.2, -0.15) is 0 Å². The first-order valence-corrected chi connectivity index (χ1v) is 8.15. The fraction of sp³-hybridized carbons (Fsp3) is 0.526. The van der Waals surface area contributed by atoms with Crippen LogP contribution in [0, 0.1) is 11.8 Å². The smallest absolute Gasteiger partial charge is 0.332 e. The highest BCUT2D eigenvalue weighted by atomic mass is 16.4. The van der Waals surface area contributed by atoms with Gasteiger partial charge in [-0.05, 0) is 25.0 Å². The van der Waals surface area contributed by atoms with Crippen LogP contribution in [0.5, 0.6) is 0 Å². The number of aliphatic carboxylic acids is 1. The van der Waals surface area contributed by atoms with Crippen molar-refractivity contribution in [2.24, 2.45) is 0 Å². The van der Waals surface area contributed by atoms with Crippen LogP contribution in [-0.2, 0) is 4.79 Å². The van der Waals surface area contributed by atoms with E-state index in [0.29, 0.717) is 6.42 Å². The highest BCUT2D eigenvalue weighted by Crippen LogP contribution is 2.10. The zero-order valence-corrected chi connectivity index (χ0v) is 13.1. The van der Waals surface area contributed by atoms with Crippen LogP contribution >= 0.6 is 0 Å². The zero-order chi connectivity index (χ0) is 16.0. The van der Waals surface area contributed by atoms with Gasteiger partial charge in [-0.1, -0.05) is 68.6 Å². The van der Waals surface area contributed by atoms with Crippen molar-refractivity contribution in [3.8, 4) is 11.8 Å². The molecule has 2 N–H and O–H groups in total. The predicted molar refractivity (Wildman–Crippen MR) is 88.5 cm³/mol. The molecule has 1 atom stereocenters. The molecule has 0 spiro atoms. The summed E-state index contributed by atoms with van der Waals surface area (Å²) in [6, 6.07) is 10.0. The van der Waals surface area contributed by atoms with Gasteiger partial charge in [0.05, 0.1) is 0 Å². The first-order valence-electron chi connectivity index (χ1n) is 8.15. The molecule has 0 saturated carbocycles. The Balaban J connectivity index is 1.90. The monoisotopic (exact) mass is 302 g/mol. The molecule has 1 unspecified atom stereocenters. The summed E-state index contributed by atoms with van der Waals surface area (Å²) < 4.78 is 0. The van der Waals surface area contributed by atoms with Gasteiger partial charge in [0.2, 0.25) is 0 Å². The van der Waals surface area contributed by atoms with E-state index in [2.05, 4.69) is 11.8 Å². The molecular weight excluding hydrogens is 276 g/mol. The van der Waals surface area contributed by atoms with Crippen LogP contribution < -0.4 is 0 Å². The number of hydrogen-bond donors (Lipinski definition) is 2. The SMILES string of the molecule is O=C(O)C(O)CCCCCCCCCC#Cc1ccccc1. The van der Waals surface area contributed by atoms with Gasteiger partial charge in [0.15, 0.2) is 6.10 Å². The number of benzene rings is 1. The predicted octanol–water partition coefficient (Wildman–Crippen LogP) is 3.99. The van der Waals surface area contributed by atoms with Crippen LogP contribution in [0.15, 0.2) is 30.3 Å². The maximum absolute atomic E-state index is 10.4. The third kappa shape index (κ3) is 9.20. The Hall–Kier alpha value is -1.79. The molecular formula is C19H26O3. The van der Waals surface area contributed by atoms with Crippen LogP contribution in [0.25, 0.3) is 0 Å². The minimum atomic E-state index is -1.19. The Morgan fingerprint density at radius 1 is 0.955 bits per heavy atom. The lowest BCUT2D eigenvalue weighted by atomic mass is 10.1. The Morgan fingerprint density at radius 2 is 1.55 bits per heavy atom. The van der Waals surface area contributed by atoms with Crippen LogP contribution in [-0.4, -0.2) is 22.3 Å². The van der Waals surface area contributed by atoms with Crippen LogP contribution in [0.2, 0.25) is 0 Å². The third-order valence-corrected chi connectivity index (χ3v) is 3.57. The number of aliphatic hydroxyl groups is 1. The van der Waals surface area contributed by atoms with Gasteiger partial charge in [0.1, 0.15) is 0 Å². The lowest BCUT2D eigenvalue weighted by Gasteiger charge is -2.04. The summed E-state index contributed by atoms with van der Waals surface area (Å²) in [5, 5.41) is 17.7. The lowest BCUT2D eigenvalue weighted by molar-refractivity contribution is -0.146. The van der Waals surface area contributed by atoms with Gasteiger partial charge in [-0.25, -0.2) is 4.79 Å². The number of carbonyl (C=O) groups is 1. The molecule has 0 aromatic heterocycles. The number of carboxylic acid groups (broad SMARTS) is 1. The highest BCUT2D eigenvalue weighted by Gasteiger charge is 2.11. The average molecular weight is 302 g/mol. The van der Waals surface area contributed by atoms with Gasteiger partial charge >= 0.3 is 5.97 Å². The highest BCUT2D eigenvalue weighted by molar-refractivity contribution is 5.71. The van der Waals surface area contributed by atoms with Crippen LogP contribution in [0.4, 0.5) is 0 Å². The van der Waals surface area contributed by atoms with Crippen molar-refractivity contribution in [3.63, 3.8) is 0 Å². The fourth-order valence-corrected chi connectivity index (χ4v) is 2.24. The topological polar surface area (TPSA) is 57.5 Å². The molecule has 0 aliphatic heterocycles. The second-order valence-electron chi connectivity index (χ2n) is 5.54. The standard InChI is InChI=1S/C19H26O3/c20-18(19(21)22)16-12-7-5-3-1-2-4-6-9-13-17-14-10-8-11-15-17/h8,10-11,14-15,18,20H,1-7,12,16H2,(H,21,22). The molecule has 1 rings (SSSR count). The first kappa shape index (κ1) is 18.3. The van der Waals surface area contributed by atoms with Crippen molar-refractivity contribution in [1.82, 2.24) is 0 Å². The normalized spacial score (nSPS) is 11.5. The van der Waals surface area contributed by atoms with E-state index in [1.807, 2.05) is 30.3 Å². The Bertz CT molecular complexity index is 470. The van der Waals surface area contributed by atoms with Gasteiger partial charge in [-0.15, -0.1) is 0 Å². The molecule has 0 heterocycles. The zero-order valence-electron chi connectivity index (χ0n) is 13.1. The fourth-order valence-electron chi connectivity index (χ4n) is 2.24. The van der Waals surface area contributed by atoms with Crippen molar-refractivity contribution in [1.29, 1.82) is 0 Å². The molecule has 0 saturated heterocycles. The van der Waals surface area contributed by atoms with Gasteiger partial charge in [-0.3, -0.25) is 0 Å². The van der Waals surface area contributed by atoms with Gasteiger partial charge < -0.3 is 10.2 Å². The molecule has 0 fully saturated rings. The number of carboxylic acids is 1. The van der Waals surface area contributed by atoms with E-state index in [9.17, 15) is 4.79 Å². The summed E-state index contributed by atoms with van der Waals surface area (Å²) in [6.07, 6.45) is 7.73. The van der Waals surface area contributed by atoms with Gasteiger partial charge in [0.25, 0.3) is 0 Å². The van der Waals surface area contributed by atoms with Crippen LogP contribution in [0.3, 0.4) is 0 Å². The molecule has 0 aliphatic carbocycles. The molecule has 120 valence electrons. The van der Waals surface area contributed by atoms with E-state index in [-0.39, 0.29) is 0 Å². The molecule has 0 amide bonds. The number of unbranched alkanes of at least 4 members (excludes halogenated alkanes) is 7. The summed E-state index contributed by atoms with van der Waals surface area (Å²) >= 11 is 0. The molecule has 0 radical (unpaired) electrons. The van der Waals surface area contributed by atoms with Crippen molar-refractivity contribution < 1.29 is 15.0 Å². The molecule has 0 aliphatic rings. The molecule has 22 heavy (non-hydrogen) atoms. The summed E-state index contributed by atoms with van der Waals surface area (Å²) in [7, 11) is 0. The molecule has 0 bridgehead atoms. The van der Waals surface area contributed by atoms with E-state index in [1.54, 1.807) is 0 Å². The molecule has 1 aromatic carbocycles. The van der Waals surface area contributed by atoms with Crippen molar-refractivity contribution in [3.05, 3.63) is 35.9 Å². The summed E-state index contributed by atoms with van der Waals surface area (Å²) in [6.45, 7) is 0. The molecule has 3 heteroatoms. The second kappa shape index (κ2) is 11.8. The van der Waals surface area contributed by atoms with Crippen molar-refractivity contribution in [2.45, 2.75) is 63.9 Å². The van der Waals surface area contributed by atoms with E-state index in [1.165, 1.54) is 19.3 Å². The second-order valence-corrected chi connectivity index (χ2v) is 5.54. The average Bonchev–Trinajstić information content (AvgIpc) is 2.53. The molecule has 1 aromatic rings. The largest absolute Gasteiger partial charge is 0.479 e. The first-order chi connectivity index (χ1) is 10.7. The van der Waals surface area contributed by atoms with E-state index in [4.69, 9.17) is 10.2 Å². The minimum absolute atomic E-state index is 0.365. The van der Waals surface area contributed by atoms with Crippen LogP contribution in [0.1, 0.15) is 63.4 Å². The maximum atomic E-state index is 10.4. The van der Waals surface area contributed by atoms with Gasteiger partial charge in [0, 0.05) is 12.0 Å². The number of aliphatic hydroxyl groups excluding tert-OH is 1. The van der Waals surface area contributed by atoms with E-state index < -0.39 is 12.1 Å². The quantitative estimate of drug-likeness (QED) is 0.507. The van der Waals surface area contributed by atoms with E-state index in [0.717, 1.165) is 37.7 Å². The molecule has 3 nitrogen and oxygen atoms in total. The Morgan fingerprint density at radius 3 is 2.18 bits per heavy atom. The summed E-state index contributed by atoms with van der Waals surface area (Å²) in [5.74, 6) is 5.25.